The van der Waals surface area contributed by atoms with Crippen LogP contribution in [0.25, 0.3) is 6.08 Å². The van der Waals surface area contributed by atoms with Crippen molar-refractivity contribution in [1.29, 1.82) is 0 Å². The van der Waals surface area contributed by atoms with Crippen LogP contribution in [0.2, 0.25) is 0 Å². The first kappa shape index (κ1) is 18.2. The number of nitrogens with zero attached hydrogens (tertiary/aromatic N) is 1. The molecule has 9 heteroatoms. The lowest BCUT2D eigenvalue weighted by Crippen LogP contribution is -2.51. The molecule has 8 nitrogen and oxygen atoms in total. The van der Waals surface area contributed by atoms with Crippen LogP contribution >= 0.6 is 12.2 Å². The first-order valence-electron chi connectivity index (χ1n) is 7.77. The van der Waals surface area contributed by atoms with Crippen molar-refractivity contribution in [1.82, 2.24) is 10.6 Å². The number of nitrogens with one attached hydrogen (secondary N) is 2. The third-order valence-electron chi connectivity index (χ3n) is 3.69. The molecule has 0 aliphatic carbocycles. The van der Waals surface area contributed by atoms with E-state index < -0.39 is 16.7 Å². The van der Waals surface area contributed by atoms with Crippen LogP contribution in [0.5, 0.6) is 5.75 Å². The molecule has 0 unspecified atom stereocenters. The van der Waals surface area contributed by atoms with Crippen LogP contribution in [0.3, 0.4) is 0 Å². The van der Waals surface area contributed by atoms with Crippen molar-refractivity contribution >= 4 is 40.9 Å². The average molecular weight is 383 g/mol. The normalized spacial score (nSPS) is 13.6. The summed E-state index contributed by atoms with van der Waals surface area (Å²) in [5.41, 5.74) is 1.42. The Labute approximate surface area is 159 Å². The summed E-state index contributed by atoms with van der Waals surface area (Å²) in [6.07, 6.45) is 1.45. The highest BCUT2D eigenvalue weighted by Crippen LogP contribution is 2.18. The quantitative estimate of drug-likeness (QED) is 0.269. The first-order valence-corrected chi connectivity index (χ1v) is 8.18. The predicted molar refractivity (Wildman–Crippen MR) is 101 cm³/mol. The van der Waals surface area contributed by atoms with Gasteiger partial charge in [-0.3, -0.25) is 30.3 Å². The van der Waals surface area contributed by atoms with Gasteiger partial charge in [-0.15, -0.1) is 0 Å². The number of thiocarbonyl (C=S) groups is 1. The molecule has 0 saturated carbocycles. The van der Waals surface area contributed by atoms with E-state index >= 15 is 0 Å². The minimum Gasteiger partial charge on any atom is -0.489 e. The highest BCUT2D eigenvalue weighted by atomic mass is 32.1. The van der Waals surface area contributed by atoms with E-state index in [1.165, 1.54) is 18.2 Å². The minimum atomic E-state index is -0.553. The Bertz CT molecular complexity index is 930. The number of benzene rings is 2. The van der Waals surface area contributed by atoms with Crippen LogP contribution in [-0.2, 0) is 16.2 Å². The van der Waals surface area contributed by atoms with Crippen LogP contribution in [0.4, 0.5) is 5.69 Å². The molecule has 0 aromatic heterocycles. The number of ether oxygens (including phenoxy) is 1. The average Bonchev–Trinajstić information content (AvgIpc) is 2.64. The summed E-state index contributed by atoms with van der Waals surface area (Å²) in [7, 11) is 0. The highest BCUT2D eigenvalue weighted by molar-refractivity contribution is 7.80. The smallest absolute Gasteiger partial charge is 0.269 e. The zero-order chi connectivity index (χ0) is 19.4. The number of amides is 2. The second kappa shape index (κ2) is 7.75. The molecule has 0 radical (unpaired) electrons. The Morgan fingerprint density at radius 3 is 2.15 bits per heavy atom. The molecule has 0 spiro atoms. The third kappa shape index (κ3) is 4.53. The minimum absolute atomic E-state index is 0.0165. The number of rotatable bonds is 5. The maximum atomic E-state index is 11.8. The topological polar surface area (TPSA) is 111 Å². The second-order valence-corrected chi connectivity index (χ2v) is 5.98. The van der Waals surface area contributed by atoms with Gasteiger partial charge in [0, 0.05) is 12.1 Å². The Balaban J connectivity index is 1.64. The van der Waals surface area contributed by atoms with Crippen LogP contribution in [0.1, 0.15) is 11.1 Å². The number of nitro benzene ring substituents is 1. The van der Waals surface area contributed by atoms with Crippen LogP contribution in [0.15, 0.2) is 54.1 Å². The molecule has 2 aromatic carbocycles. The summed E-state index contributed by atoms with van der Waals surface area (Å²) in [6, 6.07) is 12.9. The van der Waals surface area contributed by atoms with Gasteiger partial charge in [-0.05, 0) is 53.7 Å². The van der Waals surface area contributed by atoms with Gasteiger partial charge in [0.15, 0.2) is 5.11 Å². The summed E-state index contributed by atoms with van der Waals surface area (Å²) >= 11 is 4.74. The van der Waals surface area contributed by atoms with Gasteiger partial charge in [0.1, 0.15) is 17.9 Å². The van der Waals surface area contributed by atoms with Gasteiger partial charge in [0.2, 0.25) is 0 Å². The molecule has 1 aliphatic rings. The summed E-state index contributed by atoms with van der Waals surface area (Å²) in [4.78, 5) is 33.8. The summed E-state index contributed by atoms with van der Waals surface area (Å²) < 4.78 is 5.63. The van der Waals surface area contributed by atoms with Crippen LogP contribution in [0, 0.1) is 10.1 Å². The Morgan fingerprint density at radius 2 is 1.59 bits per heavy atom. The summed E-state index contributed by atoms with van der Waals surface area (Å²) in [5, 5.41) is 15.4. The zero-order valence-corrected chi connectivity index (χ0v) is 14.6. The number of carbonyl (C=O) groups excluding carboxylic acids is 2. The van der Waals surface area contributed by atoms with E-state index in [1.807, 2.05) is 0 Å². The van der Waals surface area contributed by atoms with Gasteiger partial charge in [-0.2, -0.15) is 0 Å². The molecule has 0 atom stereocenters. The molecule has 1 heterocycles. The summed E-state index contributed by atoms with van der Waals surface area (Å²) in [6.45, 7) is 0.251. The number of non-ortho nitro benzene ring substituents is 1. The highest BCUT2D eigenvalue weighted by Gasteiger charge is 2.25. The van der Waals surface area contributed by atoms with E-state index in [-0.39, 0.29) is 23.0 Å². The Morgan fingerprint density at radius 1 is 1.00 bits per heavy atom. The Kier molecular flexibility index (Phi) is 5.23. The molecule has 2 amide bonds. The van der Waals surface area contributed by atoms with Gasteiger partial charge in [0.05, 0.1) is 4.92 Å². The zero-order valence-electron chi connectivity index (χ0n) is 13.8. The standard InChI is InChI=1S/C18H13N3O5S/c22-16-15(17(23)20-18(27)19-16)9-11-3-7-14(8-4-11)26-10-12-1-5-13(6-2-12)21(24)25/h1-9H,10H2,(H2,19,20,22,23,27). The molecule has 136 valence electrons. The number of nitro groups is 1. The van der Waals surface area contributed by atoms with E-state index in [0.717, 1.165) is 5.56 Å². The molecule has 1 aliphatic heterocycles. The maximum absolute atomic E-state index is 11.8. The van der Waals surface area contributed by atoms with Crippen molar-refractivity contribution in [3.63, 3.8) is 0 Å². The number of carbonyl (C=O) groups is 2. The van der Waals surface area contributed by atoms with Crippen molar-refractivity contribution in [3.05, 3.63) is 75.3 Å². The number of hydrogen-bond acceptors (Lipinski definition) is 6. The SMILES string of the molecule is O=C1NC(=S)NC(=O)C1=Cc1ccc(OCc2ccc([N+](=O)[O-])cc2)cc1. The van der Waals surface area contributed by atoms with Crippen molar-refractivity contribution in [2.45, 2.75) is 6.61 Å². The van der Waals surface area contributed by atoms with Crippen molar-refractivity contribution in [2.24, 2.45) is 0 Å². The summed E-state index contributed by atoms with van der Waals surface area (Å²) in [5.74, 6) is -0.529. The van der Waals surface area contributed by atoms with E-state index in [1.54, 1.807) is 36.4 Å². The van der Waals surface area contributed by atoms with E-state index in [2.05, 4.69) is 10.6 Å². The van der Waals surface area contributed by atoms with Gasteiger partial charge in [0.25, 0.3) is 17.5 Å². The van der Waals surface area contributed by atoms with Crippen molar-refractivity contribution in [3.8, 4) is 5.75 Å². The lowest BCUT2D eigenvalue weighted by atomic mass is 10.1. The molecule has 3 rings (SSSR count). The second-order valence-electron chi connectivity index (χ2n) is 5.58. The van der Waals surface area contributed by atoms with Crippen molar-refractivity contribution < 1.29 is 19.2 Å². The fourth-order valence-electron chi connectivity index (χ4n) is 2.31. The largest absolute Gasteiger partial charge is 0.489 e. The first-order chi connectivity index (χ1) is 12.9. The van der Waals surface area contributed by atoms with Gasteiger partial charge >= 0.3 is 0 Å². The Hall–Kier alpha value is -3.59. The van der Waals surface area contributed by atoms with Gasteiger partial charge in [-0.1, -0.05) is 12.1 Å². The van der Waals surface area contributed by atoms with E-state index in [0.29, 0.717) is 11.3 Å². The van der Waals surface area contributed by atoms with Crippen LogP contribution < -0.4 is 15.4 Å². The molecular formula is C18H13N3O5S. The molecule has 0 bridgehead atoms. The molecular weight excluding hydrogens is 370 g/mol. The molecule has 2 N–H and O–H groups in total. The van der Waals surface area contributed by atoms with Crippen LogP contribution in [-0.4, -0.2) is 21.9 Å². The monoisotopic (exact) mass is 383 g/mol. The molecule has 2 aromatic rings. The molecule has 1 saturated heterocycles. The van der Waals surface area contributed by atoms with Gasteiger partial charge < -0.3 is 4.74 Å². The predicted octanol–water partition coefficient (Wildman–Crippen LogP) is 2.09. The van der Waals surface area contributed by atoms with Crippen molar-refractivity contribution in [2.75, 3.05) is 0 Å². The molecule has 1 fully saturated rings. The lowest BCUT2D eigenvalue weighted by Gasteiger charge is -2.16. The maximum Gasteiger partial charge on any atom is 0.269 e. The fourth-order valence-corrected chi connectivity index (χ4v) is 2.50. The van der Waals surface area contributed by atoms with Gasteiger partial charge in [-0.25, -0.2) is 0 Å². The third-order valence-corrected chi connectivity index (χ3v) is 3.89. The fraction of sp³-hybridized carbons (Fsp3) is 0.0556. The van der Waals surface area contributed by atoms with E-state index in [9.17, 15) is 19.7 Å². The molecule has 27 heavy (non-hydrogen) atoms. The number of hydrogen-bond donors (Lipinski definition) is 2. The lowest BCUT2D eigenvalue weighted by molar-refractivity contribution is -0.384. The van der Waals surface area contributed by atoms with E-state index in [4.69, 9.17) is 17.0 Å².